The summed E-state index contributed by atoms with van der Waals surface area (Å²) in [4.78, 5) is 16.1. The largest absolute Gasteiger partial charge is 0.402 e. The Balaban J connectivity index is 1.99. The standard InChI is InChI=1S/C16H7Cl4NO2/c17-9-2-4-11(18)10(7-9)15-21-14(16(22)23-15)6-8-1-3-12(19)13(20)5-8/h1-7H/b14-6+. The summed E-state index contributed by atoms with van der Waals surface area (Å²) >= 11 is 23.8. The minimum atomic E-state index is -0.581. The molecule has 0 radical (unpaired) electrons. The maximum absolute atomic E-state index is 12.0. The van der Waals surface area contributed by atoms with Gasteiger partial charge in [0.15, 0.2) is 5.70 Å². The van der Waals surface area contributed by atoms with Crippen LogP contribution in [0.15, 0.2) is 47.1 Å². The second kappa shape index (κ2) is 6.54. The molecular weight excluding hydrogens is 380 g/mol. The van der Waals surface area contributed by atoms with Crippen molar-refractivity contribution in [1.29, 1.82) is 0 Å². The van der Waals surface area contributed by atoms with Crippen molar-refractivity contribution in [1.82, 2.24) is 0 Å². The smallest absolute Gasteiger partial charge is 0.363 e. The fraction of sp³-hybridized carbons (Fsp3) is 0. The number of carbonyl (C=O) groups excluding carboxylic acids is 1. The fourth-order valence-electron chi connectivity index (χ4n) is 1.95. The number of ether oxygens (including phenoxy) is 1. The molecular formula is C16H7Cl4NO2. The molecule has 0 atom stereocenters. The lowest BCUT2D eigenvalue weighted by molar-refractivity contribution is -0.129. The first-order valence-corrected chi connectivity index (χ1v) is 7.88. The van der Waals surface area contributed by atoms with E-state index in [-0.39, 0.29) is 11.6 Å². The van der Waals surface area contributed by atoms with Gasteiger partial charge in [0, 0.05) is 5.02 Å². The highest BCUT2D eigenvalue weighted by Gasteiger charge is 2.25. The van der Waals surface area contributed by atoms with Crippen molar-refractivity contribution < 1.29 is 9.53 Å². The Morgan fingerprint density at radius 3 is 2.39 bits per heavy atom. The number of hydrogen-bond acceptors (Lipinski definition) is 3. The molecule has 0 amide bonds. The zero-order valence-electron chi connectivity index (χ0n) is 11.3. The van der Waals surface area contributed by atoms with E-state index in [4.69, 9.17) is 51.1 Å². The van der Waals surface area contributed by atoms with Gasteiger partial charge in [0.05, 0.1) is 20.6 Å². The van der Waals surface area contributed by atoms with Crippen molar-refractivity contribution in [2.75, 3.05) is 0 Å². The minimum Gasteiger partial charge on any atom is -0.402 e. The van der Waals surface area contributed by atoms with E-state index >= 15 is 0 Å². The summed E-state index contributed by atoms with van der Waals surface area (Å²) in [7, 11) is 0. The average Bonchev–Trinajstić information content (AvgIpc) is 2.86. The van der Waals surface area contributed by atoms with Gasteiger partial charge in [-0.1, -0.05) is 52.5 Å². The van der Waals surface area contributed by atoms with Gasteiger partial charge in [0.2, 0.25) is 5.90 Å². The van der Waals surface area contributed by atoms with Gasteiger partial charge in [-0.05, 0) is 42.0 Å². The molecule has 0 aromatic heterocycles. The van der Waals surface area contributed by atoms with E-state index in [0.717, 1.165) is 0 Å². The van der Waals surface area contributed by atoms with E-state index in [1.54, 1.807) is 42.5 Å². The van der Waals surface area contributed by atoms with E-state index in [1.165, 1.54) is 0 Å². The average molecular weight is 387 g/mol. The van der Waals surface area contributed by atoms with Gasteiger partial charge >= 0.3 is 5.97 Å². The molecule has 0 spiro atoms. The van der Waals surface area contributed by atoms with Gasteiger partial charge in [-0.2, -0.15) is 0 Å². The maximum Gasteiger partial charge on any atom is 0.363 e. The molecule has 3 rings (SSSR count). The quantitative estimate of drug-likeness (QED) is 0.494. The van der Waals surface area contributed by atoms with Crippen molar-refractivity contribution in [3.63, 3.8) is 0 Å². The SMILES string of the molecule is O=C1OC(c2cc(Cl)ccc2Cl)=N/C1=C/c1ccc(Cl)c(Cl)c1. The monoisotopic (exact) mass is 385 g/mol. The van der Waals surface area contributed by atoms with E-state index < -0.39 is 5.97 Å². The van der Waals surface area contributed by atoms with Gasteiger partial charge in [0.1, 0.15) is 0 Å². The van der Waals surface area contributed by atoms with E-state index in [1.807, 2.05) is 0 Å². The van der Waals surface area contributed by atoms with Gasteiger partial charge in [-0.3, -0.25) is 0 Å². The lowest BCUT2D eigenvalue weighted by atomic mass is 10.2. The van der Waals surface area contributed by atoms with Crippen LogP contribution < -0.4 is 0 Å². The van der Waals surface area contributed by atoms with Gasteiger partial charge < -0.3 is 4.74 Å². The van der Waals surface area contributed by atoms with Crippen LogP contribution in [-0.4, -0.2) is 11.9 Å². The second-order valence-corrected chi connectivity index (χ2v) is 6.29. The van der Waals surface area contributed by atoms with Crippen molar-refractivity contribution in [3.8, 4) is 0 Å². The molecule has 0 fully saturated rings. The van der Waals surface area contributed by atoms with Crippen molar-refractivity contribution in [3.05, 3.63) is 73.3 Å². The zero-order valence-corrected chi connectivity index (χ0v) is 14.3. The molecule has 1 aliphatic rings. The van der Waals surface area contributed by atoms with Crippen LogP contribution in [0.25, 0.3) is 6.08 Å². The lowest BCUT2D eigenvalue weighted by Crippen LogP contribution is -2.06. The van der Waals surface area contributed by atoms with Gasteiger partial charge in [0.25, 0.3) is 0 Å². The first kappa shape index (κ1) is 16.3. The van der Waals surface area contributed by atoms with Crippen LogP contribution in [0, 0.1) is 0 Å². The van der Waals surface area contributed by atoms with Crippen LogP contribution >= 0.6 is 46.4 Å². The number of hydrogen-bond donors (Lipinski definition) is 0. The summed E-state index contributed by atoms with van der Waals surface area (Å²) in [6.07, 6.45) is 1.55. The molecule has 0 saturated heterocycles. The van der Waals surface area contributed by atoms with Gasteiger partial charge in [-0.25, -0.2) is 9.79 Å². The van der Waals surface area contributed by atoms with Crippen LogP contribution in [0.1, 0.15) is 11.1 Å². The topological polar surface area (TPSA) is 38.7 Å². The molecule has 0 bridgehead atoms. The summed E-state index contributed by atoms with van der Waals surface area (Å²) < 4.78 is 5.16. The van der Waals surface area contributed by atoms with Crippen LogP contribution in [0.2, 0.25) is 20.1 Å². The third kappa shape index (κ3) is 3.54. The highest BCUT2D eigenvalue weighted by atomic mass is 35.5. The molecule has 7 heteroatoms. The molecule has 0 aliphatic carbocycles. The Hall–Kier alpha value is -1.52. The lowest BCUT2D eigenvalue weighted by Gasteiger charge is -2.02. The van der Waals surface area contributed by atoms with Crippen LogP contribution in [-0.2, 0) is 9.53 Å². The summed E-state index contributed by atoms with van der Waals surface area (Å²) in [6, 6.07) is 9.80. The van der Waals surface area contributed by atoms with E-state index in [2.05, 4.69) is 4.99 Å². The molecule has 0 N–H and O–H groups in total. The molecule has 116 valence electrons. The summed E-state index contributed by atoms with van der Waals surface area (Å²) in [5.41, 5.74) is 1.26. The number of cyclic esters (lactones) is 1. The zero-order chi connectivity index (χ0) is 16.6. The Kier molecular flexibility index (Phi) is 4.64. The Labute approximate surface area is 152 Å². The number of halogens is 4. The number of esters is 1. The van der Waals surface area contributed by atoms with Crippen LogP contribution in [0.4, 0.5) is 0 Å². The number of aliphatic imine (C=N–C) groups is 1. The molecule has 0 saturated carbocycles. The first-order valence-electron chi connectivity index (χ1n) is 6.37. The van der Waals surface area contributed by atoms with E-state index in [9.17, 15) is 4.79 Å². The third-order valence-electron chi connectivity index (χ3n) is 3.03. The summed E-state index contributed by atoms with van der Waals surface area (Å²) in [5.74, 6) is -0.476. The predicted octanol–water partition coefficient (Wildman–Crippen LogP) is 5.64. The number of benzene rings is 2. The molecule has 23 heavy (non-hydrogen) atoms. The molecule has 1 aliphatic heterocycles. The maximum atomic E-state index is 12.0. The third-order valence-corrected chi connectivity index (χ3v) is 4.33. The number of rotatable bonds is 2. The number of nitrogens with zero attached hydrogens (tertiary/aromatic N) is 1. The van der Waals surface area contributed by atoms with Gasteiger partial charge in [-0.15, -0.1) is 0 Å². The normalized spacial score (nSPS) is 15.7. The second-order valence-electron chi connectivity index (χ2n) is 4.63. The Morgan fingerprint density at radius 2 is 1.65 bits per heavy atom. The Morgan fingerprint density at radius 1 is 0.913 bits per heavy atom. The molecule has 0 unspecified atom stereocenters. The molecule has 2 aromatic rings. The van der Waals surface area contributed by atoms with Crippen molar-refractivity contribution in [2.45, 2.75) is 0 Å². The summed E-state index contributed by atoms with van der Waals surface area (Å²) in [6.45, 7) is 0. The van der Waals surface area contributed by atoms with Crippen LogP contribution in [0.3, 0.4) is 0 Å². The molecule has 2 aromatic carbocycles. The number of carbonyl (C=O) groups is 1. The minimum absolute atomic E-state index is 0.105. The Bertz CT molecular complexity index is 874. The highest BCUT2D eigenvalue weighted by molar-refractivity contribution is 6.42. The first-order chi connectivity index (χ1) is 10.9. The fourth-order valence-corrected chi connectivity index (χ4v) is 2.62. The van der Waals surface area contributed by atoms with E-state index in [0.29, 0.717) is 31.2 Å². The summed E-state index contributed by atoms with van der Waals surface area (Å²) in [5, 5.41) is 1.66. The highest BCUT2D eigenvalue weighted by Crippen LogP contribution is 2.28. The van der Waals surface area contributed by atoms with Crippen molar-refractivity contribution in [2.24, 2.45) is 4.99 Å². The van der Waals surface area contributed by atoms with Crippen LogP contribution in [0.5, 0.6) is 0 Å². The molecule has 3 nitrogen and oxygen atoms in total. The predicted molar refractivity (Wildman–Crippen MR) is 93.5 cm³/mol. The van der Waals surface area contributed by atoms with Crippen molar-refractivity contribution >= 4 is 64.3 Å². The molecule has 1 heterocycles.